The molecule has 2 rings (SSSR count). The van der Waals surface area contributed by atoms with Gasteiger partial charge >= 0.3 is 0 Å². The van der Waals surface area contributed by atoms with E-state index in [4.69, 9.17) is 0 Å². The number of hydrogen-bond acceptors (Lipinski definition) is 4. The van der Waals surface area contributed by atoms with Crippen LogP contribution in [-0.2, 0) is 16.1 Å². The highest BCUT2D eigenvalue weighted by Crippen LogP contribution is 2.00. The Bertz CT molecular complexity index is 492. The van der Waals surface area contributed by atoms with E-state index in [1.54, 1.807) is 0 Å². The molecule has 0 bridgehead atoms. The van der Waals surface area contributed by atoms with Crippen LogP contribution in [-0.4, -0.2) is 23.6 Å². The Kier molecular flexibility index (Phi) is 3.40. The molecule has 0 atom stereocenters. The second kappa shape index (κ2) is 5.16. The summed E-state index contributed by atoms with van der Waals surface area (Å²) in [6.07, 6.45) is 1.49. The molecule has 1 aliphatic heterocycles. The lowest BCUT2D eigenvalue weighted by atomic mass is 10.1. The maximum atomic E-state index is 11.6. The molecule has 0 aliphatic carbocycles. The minimum Gasteiger partial charge on any atom is -0.292 e. The van der Waals surface area contributed by atoms with Gasteiger partial charge in [0, 0.05) is 6.21 Å². The van der Waals surface area contributed by atoms with Crippen LogP contribution in [0.5, 0.6) is 0 Å². The van der Waals surface area contributed by atoms with Crippen molar-refractivity contribution in [3.05, 3.63) is 35.9 Å². The first-order valence-electron chi connectivity index (χ1n) is 5.16. The van der Waals surface area contributed by atoms with Crippen molar-refractivity contribution < 1.29 is 9.59 Å². The fraction of sp³-hybridized carbons (Fsp3) is 0.167. The number of rotatable bonds is 3. The van der Waals surface area contributed by atoms with Crippen molar-refractivity contribution >= 4 is 23.6 Å². The predicted molar refractivity (Wildman–Crippen MR) is 62.8 cm³/mol. The van der Waals surface area contributed by atoms with Crippen LogP contribution in [0.2, 0.25) is 0 Å². The molecular weight excluding hydrogens is 218 g/mol. The number of ketones is 1. The molecule has 0 N–H and O–H groups in total. The number of benzene rings is 1. The average Bonchev–Trinajstić information content (AvgIpc) is 2.38. The lowest BCUT2D eigenvalue weighted by Gasteiger charge is -2.04. The van der Waals surface area contributed by atoms with E-state index in [2.05, 4.69) is 15.5 Å². The first-order valence-corrected chi connectivity index (χ1v) is 5.16. The highest BCUT2D eigenvalue weighted by molar-refractivity contribution is 6.66. The summed E-state index contributed by atoms with van der Waals surface area (Å²) in [4.78, 5) is 22.9. The third-order valence-electron chi connectivity index (χ3n) is 2.23. The van der Waals surface area contributed by atoms with Crippen LogP contribution in [0.15, 0.2) is 40.5 Å². The zero-order valence-electron chi connectivity index (χ0n) is 9.04. The van der Waals surface area contributed by atoms with Crippen LogP contribution in [0.3, 0.4) is 0 Å². The van der Waals surface area contributed by atoms with E-state index >= 15 is 0 Å². The summed E-state index contributed by atoms with van der Waals surface area (Å²) in [5.41, 5.74) is 0.733. The molecule has 0 unspecified atom stereocenters. The fourth-order valence-corrected chi connectivity index (χ4v) is 1.36. The van der Waals surface area contributed by atoms with Gasteiger partial charge in [0.05, 0.1) is 13.0 Å². The van der Waals surface area contributed by atoms with E-state index in [1.165, 1.54) is 6.21 Å². The number of amides is 1. The molecule has 1 aromatic rings. The summed E-state index contributed by atoms with van der Waals surface area (Å²) in [5, 5.41) is 10.9. The molecule has 1 radical (unpaired) electrons. The standard InChI is InChI=1S/C12H10N3O2/c16-10-6-7-14-15-11(10)12(17)13-8-9-4-2-1-3-5-9/h1-5,7H,6,8H2. The highest BCUT2D eigenvalue weighted by Gasteiger charge is 2.22. The third-order valence-corrected chi connectivity index (χ3v) is 2.23. The Labute approximate surface area is 98.2 Å². The van der Waals surface area contributed by atoms with Gasteiger partial charge in [0.15, 0.2) is 11.5 Å². The van der Waals surface area contributed by atoms with Crippen LogP contribution in [0.4, 0.5) is 0 Å². The zero-order valence-corrected chi connectivity index (χ0v) is 9.04. The Balaban J connectivity index is 1.96. The molecule has 5 heteroatoms. The summed E-state index contributed by atoms with van der Waals surface area (Å²) in [6.45, 7) is 0.246. The molecule has 85 valence electrons. The van der Waals surface area contributed by atoms with Crippen LogP contribution in [0.25, 0.3) is 0 Å². The largest absolute Gasteiger partial charge is 0.297 e. The van der Waals surface area contributed by atoms with E-state index < -0.39 is 5.91 Å². The van der Waals surface area contributed by atoms with Crippen molar-refractivity contribution in [1.29, 1.82) is 0 Å². The molecular formula is C12H10N3O2. The number of carbonyl (C=O) groups is 2. The first kappa shape index (κ1) is 11.2. The topological polar surface area (TPSA) is 73.0 Å². The van der Waals surface area contributed by atoms with Crippen molar-refractivity contribution in [2.24, 2.45) is 10.2 Å². The molecule has 0 saturated heterocycles. The maximum Gasteiger partial charge on any atom is 0.297 e. The molecule has 1 amide bonds. The van der Waals surface area contributed by atoms with Crippen LogP contribution in [0.1, 0.15) is 12.0 Å². The lowest BCUT2D eigenvalue weighted by molar-refractivity contribution is -0.118. The number of carbonyl (C=O) groups excluding carboxylic acids is 2. The Morgan fingerprint density at radius 1 is 1.29 bits per heavy atom. The molecule has 17 heavy (non-hydrogen) atoms. The van der Waals surface area contributed by atoms with Crippen molar-refractivity contribution in [1.82, 2.24) is 5.32 Å². The summed E-state index contributed by atoms with van der Waals surface area (Å²) in [7, 11) is 0. The van der Waals surface area contributed by atoms with Gasteiger partial charge in [-0.05, 0) is 5.56 Å². The van der Waals surface area contributed by atoms with Gasteiger partial charge in [0.2, 0.25) is 0 Å². The van der Waals surface area contributed by atoms with Crippen molar-refractivity contribution in [3.8, 4) is 0 Å². The molecule has 0 saturated carbocycles. The van der Waals surface area contributed by atoms with Crippen molar-refractivity contribution in [2.75, 3.05) is 0 Å². The van der Waals surface area contributed by atoms with Gasteiger partial charge in [-0.2, -0.15) is 5.10 Å². The van der Waals surface area contributed by atoms with Crippen LogP contribution >= 0.6 is 0 Å². The number of hydrogen-bond donors (Lipinski definition) is 0. The van der Waals surface area contributed by atoms with E-state index in [0.29, 0.717) is 0 Å². The zero-order chi connectivity index (χ0) is 12.1. The van der Waals surface area contributed by atoms with Crippen molar-refractivity contribution in [2.45, 2.75) is 13.0 Å². The van der Waals surface area contributed by atoms with Crippen LogP contribution < -0.4 is 5.32 Å². The number of nitrogens with zero attached hydrogens (tertiary/aromatic N) is 3. The van der Waals surface area contributed by atoms with Gasteiger partial charge in [-0.15, -0.1) is 5.10 Å². The highest BCUT2D eigenvalue weighted by atomic mass is 16.2. The minimum atomic E-state index is -0.601. The molecule has 5 nitrogen and oxygen atoms in total. The normalized spacial score (nSPS) is 14.4. The Morgan fingerprint density at radius 3 is 2.76 bits per heavy atom. The van der Waals surface area contributed by atoms with E-state index in [-0.39, 0.29) is 24.5 Å². The van der Waals surface area contributed by atoms with Gasteiger partial charge in [0.1, 0.15) is 0 Å². The summed E-state index contributed by atoms with van der Waals surface area (Å²) in [6, 6.07) is 9.33. The summed E-state index contributed by atoms with van der Waals surface area (Å²) >= 11 is 0. The van der Waals surface area contributed by atoms with Gasteiger partial charge in [-0.25, -0.2) is 5.32 Å². The maximum absolute atomic E-state index is 11.6. The summed E-state index contributed by atoms with van der Waals surface area (Å²) in [5.74, 6) is -0.933. The van der Waals surface area contributed by atoms with Gasteiger partial charge in [-0.3, -0.25) is 9.59 Å². The smallest absolute Gasteiger partial charge is 0.292 e. The third kappa shape index (κ3) is 2.84. The molecule has 1 heterocycles. The first-order chi connectivity index (χ1) is 8.27. The van der Waals surface area contributed by atoms with E-state index in [0.717, 1.165) is 5.56 Å². The second-order valence-electron chi connectivity index (χ2n) is 3.48. The van der Waals surface area contributed by atoms with Gasteiger partial charge in [-0.1, -0.05) is 30.3 Å². The minimum absolute atomic E-state index is 0.116. The Hall–Kier alpha value is -2.30. The number of Topliss-reactive ketones (excluding diaryl/α,β-unsaturated/α-hetero) is 1. The monoisotopic (exact) mass is 228 g/mol. The van der Waals surface area contributed by atoms with Crippen LogP contribution in [0, 0.1) is 0 Å². The van der Waals surface area contributed by atoms with Gasteiger partial charge in [0.25, 0.3) is 5.91 Å². The molecule has 0 aromatic heterocycles. The molecule has 0 fully saturated rings. The van der Waals surface area contributed by atoms with Crippen molar-refractivity contribution in [3.63, 3.8) is 0 Å². The SMILES string of the molecule is O=C1CC=NN=C1C(=O)[N]Cc1ccccc1. The van der Waals surface area contributed by atoms with E-state index in [9.17, 15) is 9.59 Å². The molecule has 1 aliphatic rings. The lowest BCUT2D eigenvalue weighted by Crippen LogP contribution is -2.32. The summed E-state index contributed by atoms with van der Waals surface area (Å²) < 4.78 is 0. The predicted octanol–water partition coefficient (Wildman–Crippen LogP) is 0.717. The van der Waals surface area contributed by atoms with Gasteiger partial charge < -0.3 is 0 Å². The Morgan fingerprint density at radius 2 is 2.06 bits per heavy atom. The van der Waals surface area contributed by atoms with E-state index in [1.807, 2.05) is 30.3 Å². The quantitative estimate of drug-likeness (QED) is 0.764. The average molecular weight is 228 g/mol. The fourth-order valence-electron chi connectivity index (χ4n) is 1.36. The molecule has 1 aromatic carbocycles. The second-order valence-corrected chi connectivity index (χ2v) is 3.48. The molecule has 0 spiro atoms.